The Bertz CT molecular complexity index is 905. The van der Waals surface area contributed by atoms with Crippen molar-refractivity contribution in [2.75, 3.05) is 36.4 Å². The van der Waals surface area contributed by atoms with E-state index in [9.17, 15) is 9.59 Å². The van der Waals surface area contributed by atoms with Crippen LogP contribution in [0.1, 0.15) is 12.0 Å². The number of guanidine groups is 1. The topological polar surface area (TPSA) is 89.9 Å². The number of aromatic nitrogens is 1. The molecule has 8 heteroatoms. The maximum absolute atomic E-state index is 12.6. The molecule has 0 spiro atoms. The van der Waals surface area contributed by atoms with Crippen molar-refractivity contribution in [3.8, 4) is 0 Å². The number of nitrogens with one attached hydrogen (secondary N) is 2. The lowest BCUT2D eigenvalue weighted by molar-refractivity contribution is -0.125. The fraction of sp³-hybridized carbons (Fsp3) is 0.333. The number of pyridine rings is 1. The summed E-state index contributed by atoms with van der Waals surface area (Å²) in [5, 5.41) is 5.67. The van der Waals surface area contributed by atoms with Crippen molar-refractivity contribution in [2.24, 2.45) is 4.99 Å². The molecule has 8 nitrogen and oxygen atoms in total. The number of anilines is 2. The normalized spacial score (nSPS) is 19.4. The van der Waals surface area contributed by atoms with E-state index in [1.54, 1.807) is 6.20 Å². The number of hydrogen-bond donors (Lipinski definition) is 2. The average molecular weight is 392 g/mol. The van der Waals surface area contributed by atoms with Gasteiger partial charge in [0.1, 0.15) is 11.9 Å². The Balaban J connectivity index is 1.40. The number of piperazine rings is 1. The zero-order valence-corrected chi connectivity index (χ0v) is 16.3. The number of aliphatic imine (C=N–C) groups is 1. The number of aryl methyl sites for hydroxylation is 1. The molecule has 0 saturated carbocycles. The van der Waals surface area contributed by atoms with Gasteiger partial charge in [-0.05, 0) is 31.2 Å². The minimum atomic E-state index is -0.728. The summed E-state index contributed by atoms with van der Waals surface area (Å²) in [5.41, 5.74) is 1.82. The quantitative estimate of drug-likeness (QED) is 0.824. The molecule has 2 aromatic rings. The van der Waals surface area contributed by atoms with E-state index in [2.05, 4.69) is 25.5 Å². The Kier molecular flexibility index (Phi) is 5.41. The Morgan fingerprint density at radius 2 is 1.79 bits per heavy atom. The first-order valence-electron chi connectivity index (χ1n) is 9.74. The highest BCUT2D eigenvalue weighted by atomic mass is 16.2. The standard InChI is InChI=1S/C21H24N6O2/c1-15-5-7-16(8-6-15)23-20(29)17-14-19(28)25-21(24-17)27-12-10-26(11-13-27)18-4-2-3-9-22-18/h2-9,17H,10-14H2,1H3,(H,23,29)(H,24,25,28)/t17-/m0/s1. The van der Waals surface area contributed by atoms with Crippen LogP contribution in [-0.2, 0) is 9.59 Å². The zero-order valence-electron chi connectivity index (χ0n) is 16.3. The molecule has 1 aromatic heterocycles. The first kappa shape index (κ1) is 18.9. The largest absolute Gasteiger partial charge is 0.353 e. The Morgan fingerprint density at radius 1 is 1.07 bits per heavy atom. The third kappa shape index (κ3) is 4.53. The summed E-state index contributed by atoms with van der Waals surface area (Å²) in [4.78, 5) is 38.0. The van der Waals surface area contributed by atoms with Crippen LogP contribution in [0.25, 0.3) is 0 Å². The van der Waals surface area contributed by atoms with Gasteiger partial charge in [-0.25, -0.2) is 9.98 Å². The average Bonchev–Trinajstić information content (AvgIpc) is 2.75. The van der Waals surface area contributed by atoms with Crippen molar-refractivity contribution < 1.29 is 9.59 Å². The van der Waals surface area contributed by atoms with Gasteiger partial charge in [-0.3, -0.25) is 14.9 Å². The SMILES string of the molecule is Cc1ccc(NC(=O)[C@@H]2CC(=O)NC(N3CCN(c4ccccn4)CC3)=N2)cc1. The third-order valence-electron chi connectivity index (χ3n) is 5.08. The Morgan fingerprint density at radius 3 is 2.48 bits per heavy atom. The highest BCUT2D eigenvalue weighted by Crippen LogP contribution is 2.16. The number of benzene rings is 1. The maximum atomic E-state index is 12.6. The van der Waals surface area contributed by atoms with Crippen LogP contribution in [0, 0.1) is 6.92 Å². The van der Waals surface area contributed by atoms with E-state index in [4.69, 9.17) is 0 Å². The van der Waals surface area contributed by atoms with Gasteiger partial charge >= 0.3 is 0 Å². The fourth-order valence-electron chi connectivity index (χ4n) is 3.44. The molecule has 1 aromatic carbocycles. The molecule has 150 valence electrons. The van der Waals surface area contributed by atoms with Crippen LogP contribution < -0.4 is 15.5 Å². The van der Waals surface area contributed by atoms with Gasteiger partial charge in [0.2, 0.25) is 17.8 Å². The Labute approximate surface area is 169 Å². The number of rotatable bonds is 3. The molecule has 2 N–H and O–H groups in total. The Hall–Kier alpha value is -3.42. The number of carbonyl (C=O) groups excluding carboxylic acids is 2. The lowest BCUT2D eigenvalue weighted by Crippen LogP contribution is -2.56. The van der Waals surface area contributed by atoms with Crippen LogP contribution in [-0.4, -0.2) is 59.9 Å². The second-order valence-electron chi connectivity index (χ2n) is 7.24. The highest BCUT2D eigenvalue weighted by molar-refractivity contribution is 6.06. The molecule has 3 heterocycles. The van der Waals surface area contributed by atoms with Crippen molar-refractivity contribution in [3.63, 3.8) is 0 Å². The van der Waals surface area contributed by atoms with Gasteiger partial charge in [-0.2, -0.15) is 0 Å². The molecule has 29 heavy (non-hydrogen) atoms. The minimum absolute atomic E-state index is 0.0507. The van der Waals surface area contributed by atoms with E-state index in [-0.39, 0.29) is 18.2 Å². The molecule has 0 bridgehead atoms. The molecule has 0 unspecified atom stereocenters. The predicted molar refractivity (Wildman–Crippen MR) is 112 cm³/mol. The van der Waals surface area contributed by atoms with E-state index in [0.717, 1.165) is 24.5 Å². The van der Waals surface area contributed by atoms with Crippen LogP contribution >= 0.6 is 0 Å². The summed E-state index contributed by atoms with van der Waals surface area (Å²) in [6.07, 6.45) is 1.83. The van der Waals surface area contributed by atoms with Gasteiger partial charge in [0.15, 0.2) is 0 Å². The summed E-state index contributed by atoms with van der Waals surface area (Å²) in [5.74, 6) is 0.961. The lowest BCUT2D eigenvalue weighted by Gasteiger charge is -2.38. The maximum Gasteiger partial charge on any atom is 0.249 e. The number of carbonyl (C=O) groups is 2. The first-order valence-corrected chi connectivity index (χ1v) is 9.74. The molecule has 2 aliphatic heterocycles. The van der Waals surface area contributed by atoms with Gasteiger partial charge in [-0.1, -0.05) is 23.8 Å². The number of hydrogen-bond acceptors (Lipinski definition) is 6. The molecular formula is C21H24N6O2. The van der Waals surface area contributed by atoms with Crippen molar-refractivity contribution >= 4 is 29.3 Å². The van der Waals surface area contributed by atoms with Gasteiger partial charge in [0, 0.05) is 38.1 Å². The van der Waals surface area contributed by atoms with Gasteiger partial charge in [0.05, 0.1) is 6.42 Å². The second kappa shape index (κ2) is 8.30. The third-order valence-corrected chi connectivity index (χ3v) is 5.08. The molecule has 0 aliphatic carbocycles. The summed E-state index contributed by atoms with van der Waals surface area (Å²) in [6.45, 7) is 4.92. The van der Waals surface area contributed by atoms with E-state index in [1.807, 2.05) is 54.3 Å². The smallest absolute Gasteiger partial charge is 0.249 e. The second-order valence-corrected chi connectivity index (χ2v) is 7.24. The van der Waals surface area contributed by atoms with Gasteiger partial charge < -0.3 is 15.1 Å². The molecule has 1 fully saturated rings. The van der Waals surface area contributed by atoms with Crippen LogP contribution in [0.4, 0.5) is 11.5 Å². The predicted octanol–water partition coefficient (Wildman–Crippen LogP) is 1.40. The summed E-state index contributed by atoms with van der Waals surface area (Å²) < 4.78 is 0. The highest BCUT2D eigenvalue weighted by Gasteiger charge is 2.30. The van der Waals surface area contributed by atoms with Crippen LogP contribution in [0.15, 0.2) is 53.7 Å². The minimum Gasteiger partial charge on any atom is -0.353 e. The van der Waals surface area contributed by atoms with Crippen molar-refractivity contribution in [2.45, 2.75) is 19.4 Å². The number of nitrogens with zero attached hydrogens (tertiary/aromatic N) is 4. The first-order chi connectivity index (χ1) is 14.1. The molecule has 0 radical (unpaired) electrons. The van der Waals surface area contributed by atoms with Crippen LogP contribution in [0.2, 0.25) is 0 Å². The fourth-order valence-corrected chi connectivity index (χ4v) is 3.44. The lowest BCUT2D eigenvalue weighted by atomic mass is 10.1. The molecular weight excluding hydrogens is 368 g/mol. The molecule has 1 saturated heterocycles. The monoisotopic (exact) mass is 392 g/mol. The summed E-state index contributed by atoms with van der Waals surface area (Å²) in [7, 11) is 0. The molecule has 4 rings (SSSR count). The van der Waals surface area contributed by atoms with Crippen LogP contribution in [0.3, 0.4) is 0 Å². The van der Waals surface area contributed by atoms with Crippen molar-refractivity contribution in [3.05, 3.63) is 54.2 Å². The summed E-state index contributed by atoms with van der Waals surface area (Å²) >= 11 is 0. The van der Waals surface area contributed by atoms with Gasteiger partial charge in [-0.15, -0.1) is 0 Å². The summed E-state index contributed by atoms with van der Waals surface area (Å²) in [6, 6.07) is 12.7. The molecule has 2 amide bonds. The molecule has 1 atom stereocenters. The number of amides is 2. The van der Waals surface area contributed by atoms with Crippen molar-refractivity contribution in [1.29, 1.82) is 0 Å². The van der Waals surface area contributed by atoms with E-state index in [1.165, 1.54) is 0 Å². The zero-order chi connectivity index (χ0) is 20.2. The van der Waals surface area contributed by atoms with Crippen molar-refractivity contribution in [1.82, 2.24) is 15.2 Å². The van der Waals surface area contributed by atoms with E-state index in [0.29, 0.717) is 24.7 Å². The van der Waals surface area contributed by atoms with Crippen LogP contribution in [0.5, 0.6) is 0 Å². The van der Waals surface area contributed by atoms with Gasteiger partial charge in [0.25, 0.3) is 0 Å². The van der Waals surface area contributed by atoms with E-state index >= 15 is 0 Å². The molecule has 2 aliphatic rings. The van der Waals surface area contributed by atoms with E-state index < -0.39 is 6.04 Å².